The quantitative estimate of drug-likeness (QED) is 0.289. The monoisotopic (exact) mass is 652 g/mol. The van der Waals surface area contributed by atoms with Gasteiger partial charge in [-0.05, 0) is 101 Å². The van der Waals surface area contributed by atoms with E-state index in [2.05, 4.69) is 21.3 Å². The van der Waals surface area contributed by atoms with Crippen molar-refractivity contribution in [3.8, 4) is 0 Å². The van der Waals surface area contributed by atoms with E-state index in [0.717, 1.165) is 21.6 Å². The molecule has 1 heterocycles. The molecule has 228 valence electrons. The van der Waals surface area contributed by atoms with Gasteiger partial charge in [0.15, 0.2) is 0 Å². The number of rotatable bonds is 0. The van der Waals surface area contributed by atoms with Crippen LogP contribution in [0.25, 0.3) is 0 Å². The minimum atomic E-state index is -1.89. The van der Waals surface area contributed by atoms with E-state index in [1.807, 2.05) is 0 Å². The molecule has 0 saturated heterocycles. The van der Waals surface area contributed by atoms with Gasteiger partial charge in [-0.3, -0.25) is 19.2 Å². The van der Waals surface area contributed by atoms with Crippen LogP contribution in [0.3, 0.4) is 0 Å². The molecular weight excluding hydrogens is 617 g/mol. The Morgan fingerprint density at radius 1 is 0.476 bits per heavy atom. The fourth-order valence-corrected chi connectivity index (χ4v) is 9.57. The van der Waals surface area contributed by atoms with Crippen LogP contribution >= 0.6 is 21.6 Å². The summed E-state index contributed by atoms with van der Waals surface area (Å²) in [5.41, 5.74) is 1.12. The predicted molar refractivity (Wildman–Crippen MR) is 175 cm³/mol. The van der Waals surface area contributed by atoms with Gasteiger partial charge in [0.25, 0.3) is 0 Å². The van der Waals surface area contributed by atoms with Gasteiger partial charge in [0.2, 0.25) is 23.6 Å². The van der Waals surface area contributed by atoms with Crippen molar-refractivity contribution in [1.29, 1.82) is 0 Å². The molecule has 4 N–H and O–H groups in total. The lowest BCUT2D eigenvalue weighted by molar-refractivity contribution is -0.118. The largest absolute Gasteiger partial charge is 0.323 e. The van der Waals surface area contributed by atoms with Crippen molar-refractivity contribution in [3.63, 3.8) is 0 Å². The maximum absolute atomic E-state index is 13.5. The Bertz CT molecular complexity index is 1360. The summed E-state index contributed by atoms with van der Waals surface area (Å²) in [6.07, 6.45) is 0. The molecule has 10 nitrogen and oxygen atoms in total. The normalized spacial score (nSPS) is 24.5. The minimum Gasteiger partial charge on any atom is -0.323 e. The van der Waals surface area contributed by atoms with E-state index >= 15 is 0 Å². The number of nitrogens with one attached hydrogen (secondary N) is 4. The second-order valence-electron chi connectivity index (χ2n) is 11.6. The summed E-state index contributed by atoms with van der Waals surface area (Å²) in [6, 6.07) is 13.1. The lowest BCUT2D eigenvalue weighted by atomic mass is 10.1. The van der Waals surface area contributed by atoms with Gasteiger partial charge in [-0.2, -0.15) is 0 Å². The highest BCUT2D eigenvalue weighted by atomic mass is 33.1. The third kappa shape index (κ3) is 7.44. The highest BCUT2D eigenvalue weighted by Gasteiger charge is 2.43. The molecule has 0 aliphatic carbocycles. The van der Waals surface area contributed by atoms with Gasteiger partial charge < -0.3 is 21.3 Å². The van der Waals surface area contributed by atoms with E-state index in [1.165, 1.54) is 27.7 Å². The first-order valence-corrected chi connectivity index (χ1v) is 17.9. The first-order valence-electron chi connectivity index (χ1n) is 13.0. The molecule has 1 aliphatic rings. The molecule has 2 aromatic rings. The molecule has 0 fully saturated rings. The SMILES string of the molecule is CC1(C)SS(=O)C(C)(C)C(=O)Nc2ccccc2NC(=O)C(C)(C)SS(=O)C(C)(C)C(=O)Nc2ccccc2NC1=O. The summed E-state index contributed by atoms with van der Waals surface area (Å²) in [7, 11) is -2.12. The van der Waals surface area contributed by atoms with Crippen molar-refractivity contribution in [2.24, 2.45) is 0 Å². The molecule has 42 heavy (non-hydrogen) atoms. The second kappa shape index (κ2) is 12.5. The molecule has 0 radical (unpaired) electrons. The summed E-state index contributed by atoms with van der Waals surface area (Å²) in [6.45, 7) is 12.4. The molecule has 0 bridgehead atoms. The van der Waals surface area contributed by atoms with Gasteiger partial charge in [-0.25, -0.2) is 8.42 Å². The van der Waals surface area contributed by atoms with Gasteiger partial charge >= 0.3 is 0 Å². The standard InChI is InChI=1S/C28H36N4O6S4/c1-25(2)21(33)29-17-13-9-11-15-19(17)31-24(36)28(7,8)42(38)40-26(3,4)22(34)30-18-14-10-12-16-20(18)32-23(35)27(5,6)41(37)39-25/h9-16H,1-8H3,(H,29,33)(H,30,34)(H,31,36)(H,32,35). The number of carbonyl (C=O) groups is 4. The van der Waals surface area contributed by atoms with Crippen LogP contribution in [0.15, 0.2) is 48.5 Å². The van der Waals surface area contributed by atoms with Gasteiger partial charge in [-0.15, -0.1) is 0 Å². The van der Waals surface area contributed by atoms with Crippen LogP contribution in [0.5, 0.6) is 0 Å². The van der Waals surface area contributed by atoms with Gasteiger partial charge in [0.05, 0.1) is 42.4 Å². The topological polar surface area (TPSA) is 151 Å². The average molecular weight is 653 g/mol. The number of anilines is 4. The number of amides is 4. The summed E-state index contributed by atoms with van der Waals surface area (Å²) >= 11 is 0. The number of benzene rings is 2. The minimum absolute atomic E-state index is 0.274. The zero-order valence-corrected chi connectivity index (χ0v) is 28.0. The predicted octanol–water partition coefficient (Wildman–Crippen LogP) is 5.06. The van der Waals surface area contributed by atoms with E-state index < -0.39 is 62.3 Å². The lowest BCUT2D eigenvalue weighted by Crippen LogP contribution is -2.44. The molecule has 2 atom stereocenters. The summed E-state index contributed by atoms with van der Waals surface area (Å²) in [5.74, 6) is -2.15. The van der Waals surface area contributed by atoms with Gasteiger partial charge in [0, 0.05) is 0 Å². The van der Waals surface area contributed by atoms with Crippen molar-refractivity contribution >= 4 is 87.6 Å². The first kappa shape index (κ1) is 33.8. The Kier molecular flexibility index (Phi) is 10.1. The van der Waals surface area contributed by atoms with Crippen LogP contribution in [0, 0.1) is 0 Å². The van der Waals surface area contributed by atoms with Crippen molar-refractivity contribution < 1.29 is 27.6 Å². The van der Waals surface area contributed by atoms with Crippen LogP contribution < -0.4 is 21.3 Å². The third-order valence-corrected chi connectivity index (χ3v) is 15.9. The van der Waals surface area contributed by atoms with Gasteiger partial charge in [-0.1, -0.05) is 24.3 Å². The number of para-hydroxylation sites is 4. The molecule has 4 amide bonds. The fourth-order valence-electron chi connectivity index (χ4n) is 3.31. The Labute approximate surface area is 258 Å². The van der Waals surface area contributed by atoms with E-state index in [1.54, 1.807) is 76.2 Å². The molecular formula is C28H36N4O6S4. The zero-order valence-electron chi connectivity index (χ0n) is 24.7. The molecule has 2 unspecified atom stereocenters. The molecule has 0 aromatic heterocycles. The van der Waals surface area contributed by atoms with Crippen molar-refractivity contribution in [2.75, 3.05) is 21.3 Å². The third-order valence-electron chi connectivity index (χ3n) is 6.44. The van der Waals surface area contributed by atoms with Crippen LogP contribution in [0.2, 0.25) is 0 Å². The second-order valence-corrected chi connectivity index (χ2v) is 19.8. The Balaban J connectivity index is 2.08. The van der Waals surface area contributed by atoms with E-state index in [0.29, 0.717) is 0 Å². The summed E-state index contributed by atoms with van der Waals surface area (Å²) in [5, 5.41) is 11.1. The first-order chi connectivity index (χ1) is 19.3. The van der Waals surface area contributed by atoms with Crippen LogP contribution in [-0.4, -0.2) is 51.0 Å². The zero-order chi connectivity index (χ0) is 31.7. The molecule has 2 aromatic carbocycles. The Morgan fingerprint density at radius 3 is 0.976 bits per heavy atom. The number of carbonyl (C=O) groups excluding carboxylic acids is 4. The highest BCUT2D eigenvalue weighted by Crippen LogP contribution is 2.39. The number of fused-ring (bicyclic) bond motifs is 2. The Hall–Kier alpha value is -2.68. The van der Waals surface area contributed by atoms with E-state index in [9.17, 15) is 27.6 Å². The molecule has 0 spiro atoms. The van der Waals surface area contributed by atoms with Crippen molar-refractivity contribution in [1.82, 2.24) is 0 Å². The Morgan fingerprint density at radius 2 is 0.714 bits per heavy atom. The van der Waals surface area contributed by atoms with Crippen LogP contribution in [0.4, 0.5) is 22.7 Å². The summed E-state index contributed by atoms with van der Waals surface area (Å²) in [4.78, 5) is 53.5. The van der Waals surface area contributed by atoms with Crippen molar-refractivity contribution in [3.05, 3.63) is 48.5 Å². The van der Waals surface area contributed by atoms with E-state index in [-0.39, 0.29) is 22.7 Å². The smallest absolute Gasteiger partial charge is 0.243 e. The molecule has 3 rings (SSSR count). The lowest BCUT2D eigenvalue weighted by Gasteiger charge is -2.30. The summed E-state index contributed by atoms with van der Waals surface area (Å²) < 4.78 is 21.6. The molecule has 0 saturated carbocycles. The van der Waals surface area contributed by atoms with Gasteiger partial charge in [0.1, 0.15) is 19.0 Å². The maximum Gasteiger partial charge on any atom is 0.243 e. The molecule has 1 aliphatic heterocycles. The van der Waals surface area contributed by atoms with Crippen LogP contribution in [0.1, 0.15) is 55.4 Å². The highest BCUT2D eigenvalue weighted by molar-refractivity contribution is 8.70. The number of hydrogen-bond acceptors (Lipinski definition) is 8. The maximum atomic E-state index is 13.5. The number of hydrogen-bond donors (Lipinski definition) is 4. The molecule has 14 heteroatoms. The van der Waals surface area contributed by atoms with Crippen LogP contribution in [-0.2, 0) is 38.8 Å². The van der Waals surface area contributed by atoms with Crippen molar-refractivity contribution in [2.45, 2.75) is 74.4 Å². The fraction of sp³-hybridized carbons (Fsp3) is 0.429. The average Bonchev–Trinajstić information content (AvgIpc) is 2.89. The van der Waals surface area contributed by atoms with E-state index in [4.69, 9.17) is 0 Å².